The highest BCUT2D eigenvalue weighted by Gasteiger charge is 2.09. The molecule has 0 amide bonds. The van der Waals surface area contributed by atoms with Gasteiger partial charge in [-0.1, -0.05) is 18.2 Å². The first kappa shape index (κ1) is 13.2. The standard InChI is InChI=1S/C18H11N5/c19-11-13(17-22-16-6-3-8-21-18(16)23-17)10-12-7-9-20-15-5-2-1-4-14(12)15/h1-10H,(H,21,22,23)/b13-10+. The molecule has 1 aromatic carbocycles. The second kappa shape index (κ2) is 5.35. The highest BCUT2D eigenvalue weighted by molar-refractivity contribution is 5.96. The van der Waals surface area contributed by atoms with Crippen LogP contribution in [0.5, 0.6) is 0 Å². The van der Waals surface area contributed by atoms with Crippen LogP contribution >= 0.6 is 0 Å². The molecule has 4 rings (SSSR count). The number of benzene rings is 1. The Morgan fingerprint density at radius 1 is 1.04 bits per heavy atom. The number of hydrogen-bond donors (Lipinski definition) is 1. The lowest BCUT2D eigenvalue weighted by molar-refractivity contribution is 1.25. The lowest BCUT2D eigenvalue weighted by Crippen LogP contribution is -1.87. The predicted octanol–water partition coefficient (Wildman–Crippen LogP) is 3.57. The van der Waals surface area contributed by atoms with Crippen LogP contribution < -0.4 is 0 Å². The van der Waals surface area contributed by atoms with Crippen molar-refractivity contribution in [1.82, 2.24) is 19.9 Å². The monoisotopic (exact) mass is 297 g/mol. The third kappa shape index (κ3) is 2.32. The Hall–Kier alpha value is -3.52. The lowest BCUT2D eigenvalue weighted by Gasteiger charge is -2.01. The third-order valence-electron chi connectivity index (χ3n) is 3.62. The summed E-state index contributed by atoms with van der Waals surface area (Å²) in [7, 11) is 0. The van der Waals surface area contributed by atoms with E-state index in [2.05, 4.69) is 26.0 Å². The molecule has 108 valence electrons. The molecule has 0 saturated heterocycles. The van der Waals surface area contributed by atoms with Crippen molar-refractivity contribution in [3.63, 3.8) is 0 Å². The Kier molecular flexibility index (Phi) is 3.06. The van der Waals surface area contributed by atoms with Crippen LogP contribution in [0.1, 0.15) is 11.4 Å². The molecule has 1 N–H and O–H groups in total. The largest absolute Gasteiger partial charge is 0.336 e. The van der Waals surface area contributed by atoms with Crippen molar-refractivity contribution < 1.29 is 0 Å². The second-order valence-corrected chi connectivity index (χ2v) is 5.05. The smallest absolute Gasteiger partial charge is 0.178 e. The van der Waals surface area contributed by atoms with E-state index in [0.29, 0.717) is 17.0 Å². The fourth-order valence-corrected chi connectivity index (χ4v) is 2.53. The molecule has 0 aliphatic carbocycles. The van der Waals surface area contributed by atoms with Crippen LogP contribution in [0.3, 0.4) is 0 Å². The number of aromatic nitrogens is 4. The van der Waals surface area contributed by atoms with Gasteiger partial charge < -0.3 is 4.98 Å². The second-order valence-electron chi connectivity index (χ2n) is 5.05. The van der Waals surface area contributed by atoms with Crippen LogP contribution in [0.15, 0.2) is 54.9 Å². The van der Waals surface area contributed by atoms with Gasteiger partial charge in [0, 0.05) is 17.8 Å². The molecular formula is C18H11N5. The van der Waals surface area contributed by atoms with Crippen molar-refractivity contribution >= 4 is 33.7 Å². The minimum absolute atomic E-state index is 0.458. The Morgan fingerprint density at radius 2 is 1.96 bits per heavy atom. The van der Waals surface area contributed by atoms with Gasteiger partial charge in [0.2, 0.25) is 0 Å². The van der Waals surface area contributed by atoms with Crippen molar-refractivity contribution in [2.24, 2.45) is 0 Å². The average Bonchev–Trinajstić information content (AvgIpc) is 3.03. The summed E-state index contributed by atoms with van der Waals surface area (Å²) in [5.74, 6) is 0.516. The molecular weight excluding hydrogens is 286 g/mol. The first-order valence-corrected chi connectivity index (χ1v) is 7.12. The van der Waals surface area contributed by atoms with Gasteiger partial charge in [0.1, 0.15) is 6.07 Å². The van der Waals surface area contributed by atoms with E-state index in [4.69, 9.17) is 0 Å². The van der Waals surface area contributed by atoms with Crippen LogP contribution in [0.4, 0.5) is 0 Å². The number of H-pyrrole nitrogens is 1. The first-order valence-electron chi connectivity index (χ1n) is 7.12. The van der Waals surface area contributed by atoms with Gasteiger partial charge in [0.25, 0.3) is 0 Å². The van der Waals surface area contributed by atoms with Crippen LogP contribution in [0, 0.1) is 11.3 Å². The molecule has 23 heavy (non-hydrogen) atoms. The lowest BCUT2D eigenvalue weighted by atomic mass is 10.1. The maximum Gasteiger partial charge on any atom is 0.178 e. The summed E-state index contributed by atoms with van der Waals surface area (Å²) in [6.45, 7) is 0. The highest BCUT2D eigenvalue weighted by Crippen LogP contribution is 2.22. The highest BCUT2D eigenvalue weighted by atomic mass is 15.0. The van der Waals surface area contributed by atoms with Gasteiger partial charge in [-0.3, -0.25) is 4.98 Å². The number of para-hydroxylation sites is 1. The molecule has 0 bridgehead atoms. The van der Waals surface area contributed by atoms with Gasteiger partial charge in [-0.05, 0) is 35.9 Å². The number of allylic oxidation sites excluding steroid dienone is 1. The summed E-state index contributed by atoms with van der Waals surface area (Å²) in [6, 6.07) is 15.7. The summed E-state index contributed by atoms with van der Waals surface area (Å²) < 4.78 is 0. The van der Waals surface area contributed by atoms with E-state index in [1.165, 1.54) is 0 Å². The van der Waals surface area contributed by atoms with Gasteiger partial charge in [0.15, 0.2) is 11.5 Å². The predicted molar refractivity (Wildman–Crippen MR) is 89.1 cm³/mol. The van der Waals surface area contributed by atoms with Crippen molar-refractivity contribution in [2.45, 2.75) is 0 Å². The molecule has 0 aliphatic rings. The summed E-state index contributed by atoms with van der Waals surface area (Å²) in [4.78, 5) is 16.0. The zero-order chi connectivity index (χ0) is 15.6. The minimum atomic E-state index is 0.458. The van der Waals surface area contributed by atoms with Gasteiger partial charge in [0.05, 0.1) is 16.6 Å². The maximum atomic E-state index is 9.52. The molecule has 0 aliphatic heterocycles. The number of nitrogens with one attached hydrogen (secondary N) is 1. The SMILES string of the molecule is N#C/C(=C\c1ccnc2ccccc12)c1nc2ncccc2[nH]1. The van der Waals surface area contributed by atoms with E-state index in [0.717, 1.165) is 22.0 Å². The van der Waals surface area contributed by atoms with Gasteiger partial charge in [-0.15, -0.1) is 0 Å². The normalized spacial score (nSPS) is 11.7. The van der Waals surface area contributed by atoms with Crippen molar-refractivity contribution in [3.05, 3.63) is 66.2 Å². The maximum absolute atomic E-state index is 9.52. The molecule has 0 radical (unpaired) electrons. The molecule has 0 atom stereocenters. The van der Waals surface area contributed by atoms with Crippen molar-refractivity contribution in [1.29, 1.82) is 5.26 Å². The summed E-state index contributed by atoms with van der Waals surface area (Å²) in [5.41, 5.74) is 3.69. The van der Waals surface area contributed by atoms with Crippen molar-refractivity contribution in [3.8, 4) is 6.07 Å². The van der Waals surface area contributed by atoms with Crippen LogP contribution in [0.2, 0.25) is 0 Å². The molecule has 4 aromatic rings. The zero-order valence-electron chi connectivity index (χ0n) is 12.1. The number of nitriles is 1. The summed E-state index contributed by atoms with van der Waals surface area (Å²) in [5, 5.41) is 10.5. The fourth-order valence-electron chi connectivity index (χ4n) is 2.53. The summed E-state index contributed by atoms with van der Waals surface area (Å²) in [6.07, 6.45) is 5.24. The van der Waals surface area contributed by atoms with Gasteiger partial charge >= 0.3 is 0 Å². The number of fused-ring (bicyclic) bond motifs is 2. The van der Waals surface area contributed by atoms with Crippen LogP contribution in [-0.2, 0) is 0 Å². The van der Waals surface area contributed by atoms with Gasteiger partial charge in [-0.25, -0.2) is 9.97 Å². The molecule has 3 aromatic heterocycles. The Bertz CT molecular complexity index is 1050. The van der Waals surface area contributed by atoms with Crippen LogP contribution in [0.25, 0.3) is 33.7 Å². The molecule has 3 heterocycles. The number of imidazole rings is 1. The van der Waals surface area contributed by atoms with E-state index >= 15 is 0 Å². The Labute approximate surface area is 132 Å². The number of aromatic amines is 1. The first-order chi connectivity index (χ1) is 11.3. The van der Waals surface area contributed by atoms with E-state index in [1.807, 2.05) is 48.5 Å². The number of hydrogen-bond acceptors (Lipinski definition) is 4. The number of pyridine rings is 2. The van der Waals surface area contributed by atoms with Crippen molar-refractivity contribution in [2.75, 3.05) is 0 Å². The fraction of sp³-hybridized carbons (Fsp3) is 0. The molecule has 0 saturated carbocycles. The van der Waals surface area contributed by atoms with E-state index in [-0.39, 0.29) is 0 Å². The average molecular weight is 297 g/mol. The quantitative estimate of drug-likeness (QED) is 0.574. The topological polar surface area (TPSA) is 78.2 Å². The van der Waals surface area contributed by atoms with E-state index in [1.54, 1.807) is 12.4 Å². The molecule has 0 spiro atoms. The van der Waals surface area contributed by atoms with E-state index < -0.39 is 0 Å². The summed E-state index contributed by atoms with van der Waals surface area (Å²) >= 11 is 0. The Morgan fingerprint density at radius 3 is 2.83 bits per heavy atom. The third-order valence-corrected chi connectivity index (χ3v) is 3.62. The van der Waals surface area contributed by atoms with E-state index in [9.17, 15) is 5.26 Å². The number of rotatable bonds is 2. The molecule has 5 heteroatoms. The van der Waals surface area contributed by atoms with Gasteiger partial charge in [-0.2, -0.15) is 5.26 Å². The number of nitrogens with zero attached hydrogens (tertiary/aromatic N) is 4. The molecule has 0 unspecified atom stereocenters. The zero-order valence-corrected chi connectivity index (χ0v) is 12.1. The minimum Gasteiger partial charge on any atom is -0.336 e. The molecule has 5 nitrogen and oxygen atoms in total. The molecule has 0 fully saturated rings. The Balaban J connectivity index is 1.88. The van der Waals surface area contributed by atoms with Crippen LogP contribution in [-0.4, -0.2) is 19.9 Å².